The van der Waals surface area contributed by atoms with Crippen LogP contribution in [0.4, 0.5) is 23.4 Å². The van der Waals surface area contributed by atoms with E-state index in [4.69, 9.17) is 9.72 Å². The van der Waals surface area contributed by atoms with Gasteiger partial charge in [-0.15, -0.1) is 0 Å². The third-order valence-corrected chi connectivity index (χ3v) is 10.4. The molecule has 4 fully saturated rings. The number of β-lactam (4-membered cyclic amide) rings is 1. The lowest BCUT2D eigenvalue weighted by molar-refractivity contribution is -0.136. The molecule has 4 saturated heterocycles. The van der Waals surface area contributed by atoms with E-state index in [2.05, 4.69) is 20.2 Å². The number of anilines is 1. The Bertz CT molecular complexity index is 1840. The van der Waals surface area contributed by atoms with Crippen molar-refractivity contribution in [2.45, 2.75) is 68.6 Å². The van der Waals surface area contributed by atoms with E-state index in [-0.39, 0.29) is 46.0 Å². The molecule has 8 rings (SSSR count). The summed E-state index contributed by atoms with van der Waals surface area (Å²) < 4.78 is 64.9. The van der Waals surface area contributed by atoms with Crippen molar-refractivity contribution in [3.05, 3.63) is 65.2 Å². The molecule has 0 saturated carbocycles. The highest BCUT2D eigenvalue weighted by molar-refractivity contribution is 5.92. The van der Waals surface area contributed by atoms with Gasteiger partial charge in [0.2, 0.25) is 5.91 Å². The van der Waals surface area contributed by atoms with Crippen LogP contribution in [-0.2, 0) is 17.4 Å². The van der Waals surface area contributed by atoms with E-state index in [1.807, 2.05) is 4.90 Å². The Balaban J connectivity index is 1.20. The number of carbonyl (C=O) groups is 1. The number of carbonyl (C=O) groups excluding carboxylic acids is 1. The minimum atomic E-state index is -4.57. The molecular weight excluding hydrogens is 600 g/mol. The number of alkyl halides is 3. The van der Waals surface area contributed by atoms with Crippen LogP contribution in [0.2, 0.25) is 0 Å². The number of ether oxygens (including phenoxy) is 1. The molecule has 1 amide bonds. The van der Waals surface area contributed by atoms with Crippen LogP contribution in [-0.4, -0.2) is 69.6 Å². The molecule has 1 spiro atoms. The van der Waals surface area contributed by atoms with Gasteiger partial charge in [0.05, 0.1) is 34.1 Å². The molecule has 4 aliphatic heterocycles. The number of aromatic nitrogens is 3. The van der Waals surface area contributed by atoms with E-state index in [1.54, 1.807) is 24.3 Å². The summed E-state index contributed by atoms with van der Waals surface area (Å²) >= 11 is 0. The Morgan fingerprint density at radius 3 is 2.46 bits per heavy atom. The quantitative estimate of drug-likeness (QED) is 0.212. The van der Waals surface area contributed by atoms with E-state index in [9.17, 15) is 18.0 Å². The Kier molecular flexibility index (Phi) is 6.86. The molecule has 240 valence electrons. The zero-order valence-electron chi connectivity index (χ0n) is 25.3. The van der Waals surface area contributed by atoms with Gasteiger partial charge >= 0.3 is 12.2 Å². The van der Waals surface area contributed by atoms with Gasteiger partial charge in [0, 0.05) is 25.7 Å². The molecule has 2 aromatic heterocycles. The number of pyridine rings is 1. The van der Waals surface area contributed by atoms with E-state index in [0.29, 0.717) is 48.3 Å². The molecular formula is C34H34F4N6O2. The second-order valence-electron chi connectivity index (χ2n) is 13.3. The average molecular weight is 635 g/mol. The number of fused-ring (bicyclic) bond motifs is 3. The molecule has 12 heteroatoms. The van der Waals surface area contributed by atoms with Crippen LogP contribution < -0.4 is 15.0 Å². The molecule has 6 heterocycles. The van der Waals surface area contributed by atoms with Crippen molar-refractivity contribution in [3.63, 3.8) is 0 Å². The zero-order chi connectivity index (χ0) is 31.7. The number of piperidine rings is 1. The molecule has 46 heavy (non-hydrogen) atoms. The van der Waals surface area contributed by atoms with Crippen molar-refractivity contribution in [3.8, 4) is 6.01 Å². The van der Waals surface area contributed by atoms with Gasteiger partial charge in [0.25, 0.3) is 0 Å². The Morgan fingerprint density at radius 2 is 1.72 bits per heavy atom. The molecule has 4 aliphatic rings. The maximum absolute atomic E-state index is 16.5. The van der Waals surface area contributed by atoms with Gasteiger partial charge in [-0.1, -0.05) is 30.3 Å². The van der Waals surface area contributed by atoms with E-state index in [1.165, 1.54) is 12.3 Å². The Labute approximate surface area is 263 Å². The Hall–Kier alpha value is -4.06. The summed E-state index contributed by atoms with van der Waals surface area (Å²) in [6, 6.07) is 8.97. The van der Waals surface area contributed by atoms with Crippen LogP contribution >= 0.6 is 0 Å². The standard InChI is InChI=1S/C34H34F4N6O2/c35-28-25(16-22-8-1-6-21-7-2-9-24(27(21)22)34(36,37)38)39-18-23-29(28)40-31(46-20-33-11-4-14-44(33)15-5-12-33)41-30(23)43-13-3-10-32(19-43)17-26(45)42-32/h1-2,6-9,18H,3-5,10-17,19-20H2,(H,42,45). The molecule has 1 N–H and O–H groups in total. The van der Waals surface area contributed by atoms with Gasteiger partial charge in [-0.25, -0.2) is 4.39 Å². The van der Waals surface area contributed by atoms with Crippen LogP contribution in [0.25, 0.3) is 21.7 Å². The lowest BCUT2D eigenvalue weighted by Crippen LogP contribution is -2.68. The van der Waals surface area contributed by atoms with Gasteiger partial charge in [-0.2, -0.15) is 23.1 Å². The first kappa shape index (κ1) is 29.3. The largest absolute Gasteiger partial charge is 0.461 e. The smallest absolute Gasteiger partial charge is 0.417 e. The van der Waals surface area contributed by atoms with Gasteiger partial charge in [-0.3, -0.25) is 14.7 Å². The molecule has 2 aromatic carbocycles. The highest BCUT2D eigenvalue weighted by Crippen LogP contribution is 2.41. The molecule has 4 aromatic rings. The second kappa shape index (κ2) is 10.8. The lowest BCUT2D eigenvalue weighted by Gasteiger charge is -2.49. The van der Waals surface area contributed by atoms with E-state index in [0.717, 1.165) is 57.7 Å². The number of amides is 1. The first-order chi connectivity index (χ1) is 22.1. The van der Waals surface area contributed by atoms with Crippen molar-refractivity contribution in [2.75, 3.05) is 37.7 Å². The molecule has 1 atom stereocenters. The minimum Gasteiger partial charge on any atom is -0.461 e. The van der Waals surface area contributed by atoms with Crippen LogP contribution in [0.5, 0.6) is 6.01 Å². The van der Waals surface area contributed by atoms with Crippen molar-refractivity contribution >= 4 is 33.4 Å². The van der Waals surface area contributed by atoms with Gasteiger partial charge in [0.15, 0.2) is 5.82 Å². The van der Waals surface area contributed by atoms with Gasteiger partial charge in [0.1, 0.15) is 17.9 Å². The topological polar surface area (TPSA) is 83.5 Å². The summed E-state index contributed by atoms with van der Waals surface area (Å²) in [7, 11) is 0. The van der Waals surface area contributed by atoms with Crippen LogP contribution in [0, 0.1) is 5.82 Å². The number of nitrogens with zero attached hydrogens (tertiary/aromatic N) is 5. The fourth-order valence-corrected chi connectivity index (χ4v) is 8.27. The highest BCUT2D eigenvalue weighted by Gasteiger charge is 2.47. The van der Waals surface area contributed by atoms with Crippen molar-refractivity contribution in [1.82, 2.24) is 25.2 Å². The molecule has 0 aliphatic carbocycles. The predicted molar refractivity (Wildman–Crippen MR) is 164 cm³/mol. The number of nitrogens with one attached hydrogen (secondary N) is 1. The number of hydrogen-bond donors (Lipinski definition) is 1. The number of halogens is 4. The minimum absolute atomic E-state index is 0.00898. The van der Waals surface area contributed by atoms with Gasteiger partial charge < -0.3 is 15.0 Å². The van der Waals surface area contributed by atoms with E-state index >= 15 is 4.39 Å². The second-order valence-corrected chi connectivity index (χ2v) is 13.3. The van der Waals surface area contributed by atoms with E-state index < -0.39 is 17.6 Å². The number of benzene rings is 2. The lowest BCUT2D eigenvalue weighted by atomic mass is 9.80. The highest BCUT2D eigenvalue weighted by atomic mass is 19.4. The summed E-state index contributed by atoms with van der Waals surface area (Å²) in [6.45, 7) is 3.63. The van der Waals surface area contributed by atoms with Crippen molar-refractivity contribution in [2.24, 2.45) is 0 Å². The Morgan fingerprint density at radius 1 is 0.978 bits per heavy atom. The molecule has 0 radical (unpaired) electrons. The molecule has 8 nitrogen and oxygen atoms in total. The maximum atomic E-state index is 16.5. The van der Waals surface area contributed by atoms with Gasteiger partial charge in [-0.05, 0) is 74.0 Å². The third kappa shape index (κ3) is 4.92. The molecule has 1 unspecified atom stereocenters. The van der Waals surface area contributed by atoms with Crippen LogP contribution in [0.3, 0.4) is 0 Å². The summed E-state index contributed by atoms with van der Waals surface area (Å²) in [5.41, 5.74) is -0.858. The molecule has 0 bridgehead atoms. The summed E-state index contributed by atoms with van der Waals surface area (Å²) in [5, 5.41) is 3.90. The fraction of sp³-hybridized carbons (Fsp3) is 0.471. The number of hydrogen-bond acceptors (Lipinski definition) is 7. The van der Waals surface area contributed by atoms with Crippen LogP contribution in [0.15, 0.2) is 42.6 Å². The summed E-state index contributed by atoms with van der Waals surface area (Å²) in [5.74, 6) is -0.220. The average Bonchev–Trinajstić information content (AvgIpc) is 3.61. The normalized spacial score (nSPS) is 22.8. The predicted octanol–water partition coefficient (Wildman–Crippen LogP) is 5.79. The maximum Gasteiger partial charge on any atom is 0.417 e. The van der Waals surface area contributed by atoms with Crippen LogP contribution in [0.1, 0.15) is 61.8 Å². The number of rotatable bonds is 6. The first-order valence-electron chi connectivity index (χ1n) is 16.0. The summed E-state index contributed by atoms with van der Waals surface area (Å²) in [6.07, 6.45) is 3.12. The van der Waals surface area contributed by atoms with Crippen molar-refractivity contribution < 1.29 is 27.1 Å². The fourth-order valence-electron chi connectivity index (χ4n) is 8.27. The monoisotopic (exact) mass is 634 g/mol. The van der Waals surface area contributed by atoms with Crippen molar-refractivity contribution in [1.29, 1.82) is 0 Å². The first-order valence-corrected chi connectivity index (χ1v) is 16.0. The SMILES string of the molecule is O=C1CC2(CCCN(c3nc(OCC45CCCN4CCC5)nc4c(F)c(Cc5cccc6cccc(C(F)(F)F)c56)ncc34)C2)N1. The zero-order valence-corrected chi connectivity index (χ0v) is 25.3. The summed E-state index contributed by atoms with van der Waals surface area (Å²) in [4.78, 5) is 30.2. The third-order valence-electron chi connectivity index (χ3n) is 10.4.